The van der Waals surface area contributed by atoms with Crippen LogP contribution in [0.2, 0.25) is 0 Å². The summed E-state index contributed by atoms with van der Waals surface area (Å²) in [6.45, 7) is 7.57. The van der Waals surface area contributed by atoms with Crippen LogP contribution in [0, 0.1) is 13.8 Å². The molecule has 1 saturated heterocycles. The summed E-state index contributed by atoms with van der Waals surface area (Å²) in [5, 5.41) is 5.29. The number of morpholine rings is 1. The van der Waals surface area contributed by atoms with Gasteiger partial charge in [-0.15, -0.1) is 0 Å². The molecular weight excluding hydrogens is 366 g/mol. The Morgan fingerprint density at radius 1 is 1.21 bits per heavy atom. The van der Waals surface area contributed by atoms with Crippen LogP contribution in [0.15, 0.2) is 30.3 Å². The van der Waals surface area contributed by atoms with Crippen molar-refractivity contribution in [2.45, 2.75) is 20.4 Å². The first kappa shape index (κ1) is 19.4. The van der Waals surface area contributed by atoms with Crippen LogP contribution in [0.25, 0.3) is 11.0 Å². The highest BCUT2D eigenvalue weighted by Gasteiger charge is 2.22. The van der Waals surface area contributed by atoms with Crippen LogP contribution in [-0.4, -0.2) is 58.9 Å². The molecule has 7 nitrogen and oxygen atoms in total. The molecule has 0 N–H and O–H groups in total. The van der Waals surface area contributed by atoms with Crippen molar-refractivity contribution in [2.75, 3.05) is 38.3 Å². The molecule has 0 radical (unpaired) electrons. The molecule has 7 heteroatoms. The number of ether oxygens (including phenoxy) is 1. The van der Waals surface area contributed by atoms with E-state index < -0.39 is 0 Å². The number of pyridine rings is 1. The molecule has 0 unspecified atom stereocenters. The zero-order valence-electron chi connectivity index (χ0n) is 17.5. The number of carbonyl (C=O) groups excluding carboxylic acids is 1. The molecular formula is C22H27N5O2. The van der Waals surface area contributed by atoms with Gasteiger partial charge in [-0.05, 0) is 31.5 Å². The number of aromatic nitrogens is 3. The van der Waals surface area contributed by atoms with Gasteiger partial charge in [0.05, 0.1) is 29.9 Å². The Morgan fingerprint density at radius 3 is 2.69 bits per heavy atom. The minimum atomic E-state index is -0.0200. The maximum atomic E-state index is 13.4. The zero-order chi connectivity index (χ0) is 20.5. The second-order valence-electron chi connectivity index (χ2n) is 7.61. The number of para-hydroxylation sites is 1. The average molecular weight is 393 g/mol. The van der Waals surface area contributed by atoms with E-state index in [0.29, 0.717) is 12.1 Å². The van der Waals surface area contributed by atoms with Crippen LogP contribution in [0.1, 0.15) is 27.3 Å². The van der Waals surface area contributed by atoms with E-state index >= 15 is 0 Å². The second kappa shape index (κ2) is 7.83. The van der Waals surface area contributed by atoms with Crippen molar-refractivity contribution in [1.82, 2.24) is 19.7 Å². The molecule has 0 aliphatic carbocycles. The zero-order valence-corrected chi connectivity index (χ0v) is 17.5. The average Bonchev–Trinajstić information content (AvgIpc) is 3.01. The highest BCUT2D eigenvalue weighted by atomic mass is 16.5. The van der Waals surface area contributed by atoms with Crippen LogP contribution in [0.3, 0.4) is 0 Å². The van der Waals surface area contributed by atoms with Crippen LogP contribution < -0.4 is 4.90 Å². The summed E-state index contributed by atoms with van der Waals surface area (Å²) in [6.07, 6.45) is 0. The van der Waals surface area contributed by atoms with E-state index in [1.54, 1.807) is 9.58 Å². The third-order valence-corrected chi connectivity index (χ3v) is 5.42. The number of hydrogen-bond acceptors (Lipinski definition) is 5. The van der Waals surface area contributed by atoms with E-state index in [9.17, 15) is 4.79 Å². The van der Waals surface area contributed by atoms with Crippen molar-refractivity contribution in [3.8, 4) is 0 Å². The molecule has 0 atom stereocenters. The van der Waals surface area contributed by atoms with Gasteiger partial charge in [0.2, 0.25) is 0 Å². The van der Waals surface area contributed by atoms with E-state index in [2.05, 4.69) is 27.1 Å². The minimum Gasteiger partial charge on any atom is -0.378 e. The van der Waals surface area contributed by atoms with Crippen molar-refractivity contribution >= 4 is 22.6 Å². The number of aryl methyl sites for hydroxylation is 3. The predicted octanol–water partition coefficient (Wildman–Crippen LogP) is 2.69. The number of nitrogens with zero attached hydrogens (tertiary/aromatic N) is 5. The van der Waals surface area contributed by atoms with Crippen LogP contribution >= 0.6 is 0 Å². The van der Waals surface area contributed by atoms with Crippen LogP contribution in [0.5, 0.6) is 0 Å². The van der Waals surface area contributed by atoms with E-state index in [-0.39, 0.29) is 5.91 Å². The molecule has 0 saturated carbocycles. The Balaban J connectivity index is 1.64. The lowest BCUT2D eigenvalue weighted by atomic mass is 10.1. The monoisotopic (exact) mass is 393 g/mol. The van der Waals surface area contributed by atoms with E-state index in [1.807, 2.05) is 46.1 Å². The number of amides is 1. The maximum absolute atomic E-state index is 13.4. The lowest BCUT2D eigenvalue weighted by Gasteiger charge is -2.31. The predicted molar refractivity (Wildman–Crippen MR) is 113 cm³/mol. The fourth-order valence-electron chi connectivity index (χ4n) is 4.03. The van der Waals surface area contributed by atoms with Gasteiger partial charge in [-0.3, -0.25) is 9.48 Å². The number of rotatable bonds is 4. The number of carbonyl (C=O) groups is 1. The number of benzene rings is 1. The molecule has 1 fully saturated rings. The first-order valence-electron chi connectivity index (χ1n) is 9.92. The Kier molecular flexibility index (Phi) is 5.24. The second-order valence-corrected chi connectivity index (χ2v) is 7.61. The van der Waals surface area contributed by atoms with Gasteiger partial charge in [0, 0.05) is 45.1 Å². The molecule has 152 valence electrons. The largest absolute Gasteiger partial charge is 0.378 e. The fraction of sp³-hybridized carbons (Fsp3) is 0.409. The van der Waals surface area contributed by atoms with Crippen LogP contribution in [-0.2, 0) is 18.3 Å². The van der Waals surface area contributed by atoms with Crippen molar-refractivity contribution in [1.29, 1.82) is 0 Å². The quantitative estimate of drug-likeness (QED) is 0.682. The normalized spacial score (nSPS) is 14.4. The third-order valence-electron chi connectivity index (χ3n) is 5.42. The van der Waals surface area contributed by atoms with E-state index in [4.69, 9.17) is 4.74 Å². The molecule has 1 aliphatic heterocycles. The molecule has 1 aromatic carbocycles. The third kappa shape index (κ3) is 3.70. The fourth-order valence-corrected chi connectivity index (χ4v) is 4.03. The Morgan fingerprint density at radius 2 is 1.93 bits per heavy atom. The smallest absolute Gasteiger partial charge is 0.254 e. The number of fused-ring (bicyclic) bond motifs is 1. The molecule has 1 amide bonds. The molecule has 1 aliphatic rings. The van der Waals surface area contributed by atoms with Gasteiger partial charge in [0.1, 0.15) is 0 Å². The molecule has 4 rings (SSSR count). The first-order valence-corrected chi connectivity index (χ1v) is 9.92. The lowest BCUT2D eigenvalue weighted by Crippen LogP contribution is -2.37. The summed E-state index contributed by atoms with van der Waals surface area (Å²) in [5.41, 5.74) is 5.34. The topological polar surface area (TPSA) is 63.5 Å². The van der Waals surface area contributed by atoms with Crippen molar-refractivity contribution in [3.63, 3.8) is 0 Å². The van der Waals surface area contributed by atoms with Gasteiger partial charge in [-0.25, -0.2) is 4.98 Å². The van der Waals surface area contributed by atoms with Gasteiger partial charge in [0.25, 0.3) is 5.91 Å². The van der Waals surface area contributed by atoms with Gasteiger partial charge < -0.3 is 14.5 Å². The van der Waals surface area contributed by atoms with Gasteiger partial charge >= 0.3 is 0 Å². The number of anilines is 1. The summed E-state index contributed by atoms with van der Waals surface area (Å²) >= 11 is 0. The van der Waals surface area contributed by atoms with Crippen LogP contribution in [0.4, 0.5) is 5.69 Å². The summed E-state index contributed by atoms with van der Waals surface area (Å²) in [4.78, 5) is 22.1. The highest BCUT2D eigenvalue weighted by Crippen LogP contribution is 2.26. The molecule has 29 heavy (non-hydrogen) atoms. The Hall–Kier alpha value is -2.93. The van der Waals surface area contributed by atoms with Crippen molar-refractivity contribution in [2.24, 2.45) is 7.05 Å². The molecule has 3 heterocycles. The summed E-state index contributed by atoms with van der Waals surface area (Å²) in [5.74, 6) is -0.0200. The molecule has 2 aromatic heterocycles. The maximum Gasteiger partial charge on any atom is 0.254 e. The van der Waals surface area contributed by atoms with E-state index in [1.165, 1.54) is 5.69 Å². The molecule has 3 aromatic rings. The highest BCUT2D eigenvalue weighted by molar-refractivity contribution is 6.06. The van der Waals surface area contributed by atoms with Crippen molar-refractivity contribution in [3.05, 3.63) is 52.8 Å². The summed E-state index contributed by atoms with van der Waals surface area (Å²) in [7, 11) is 3.71. The summed E-state index contributed by atoms with van der Waals surface area (Å²) in [6, 6.07) is 10.2. The minimum absolute atomic E-state index is 0.0200. The number of hydrogen-bond donors (Lipinski definition) is 0. The van der Waals surface area contributed by atoms with Gasteiger partial charge in [-0.1, -0.05) is 18.2 Å². The molecule has 0 spiro atoms. The Bertz CT molecular complexity index is 1050. The lowest BCUT2D eigenvalue weighted by molar-refractivity contribution is 0.0786. The van der Waals surface area contributed by atoms with E-state index in [0.717, 1.165) is 54.3 Å². The standard InChI is InChI=1S/C22H27N5O2/c1-15-13-18(20-16(2)24-26(4)21(20)23-15)22(28)25(3)14-17-7-5-6-8-19(17)27-9-11-29-12-10-27/h5-8,13H,9-12,14H2,1-4H3. The van der Waals surface area contributed by atoms with Gasteiger partial charge in [-0.2, -0.15) is 5.10 Å². The molecule has 0 bridgehead atoms. The Labute approximate surface area is 170 Å². The summed E-state index contributed by atoms with van der Waals surface area (Å²) < 4.78 is 7.22. The van der Waals surface area contributed by atoms with Crippen molar-refractivity contribution < 1.29 is 9.53 Å². The SMILES string of the molecule is Cc1cc(C(=O)N(C)Cc2ccccc2N2CCOCC2)c2c(C)nn(C)c2n1. The van der Waals surface area contributed by atoms with Gasteiger partial charge in [0.15, 0.2) is 5.65 Å². The first-order chi connectivity index (χ1) is 14.0.